The number of esters is 2. The highest BCUT2D eigenvalue weighted by Crippen LogP contribution is 2.60. The maximum Gasteiger partial charge on any atom is 0.338 e. The SMILES string of the molecule is C=C(C)C(=O)Oc1c(Br)c(OCC)c(C(C)(C)c2c(OCC)c(Br)c(OC(=O)C(=C)C)c(Br)c2OCC)c(OCC)c1Br. The van der Waals surface area contributed by atoms with E-state index in [0.29, 0.717) is 78.4 Å². The van der Waals surface area contributed by atoms with Gasteiger partial charge in [0.1, 0.15) is 40.9 Å². The Hall–Kier alpha value is -2.02. The van der Waals surface area contributed by atoms with E-state index >= 15 is 0 Å². The third-order valence-corrected chi connectivity index (χ3v) is 8.88. The summed E-state index contributed by atoms with van der Waals surface area (Å²) in [6.45, 7) is 23.0. The summed E-state index contributed by atoms with van der Waals surface area (Å²) in [4.78, 5) is 25.2. The normalized spacial score (nSPS) is 11.1. The molecule has 0 aliphatic carbocycles. The van der Waals surface area contributed by atoms with Crippen molar-refractivity contribution in [3.8, 4) is 34.5 Å². The number of hydrogen-bond donors (Lipinski definition) is 0. The van der Waals surface area contributed by atoms with Crippen LogP contribution in [0.1, 0.15) is 66.5 Å². The van der Waals surface area contributed by atoms with E-state index in [2.05, 4.69) is 76.9 Å². The van der Waals surface area contributed by atoms with Gasteiger partial charge >= 0.3 is 11.9 Å². The van der Waals surface area contributed by atoms with Crippen LogP contribution in [0.3, 0.4) is 0 Å². The minimum Gasteiger partial charge on any atom is -0.492 e. The van der Waals surface area contributed by atoms with Gasteiger partial charge in [-0.2, -0.15) is 0 Å². The molecule has 2 aromatic carbocycles. The zero-order chi connectivity index (χ0) is 32.8. The Morgan fingerprint density at radius 3 is 0.977 bits per heavy atom. The van der Waals surface area contributed by atoms with Crippen LogP contribution >= 0.6 is 63.7 Å². The molecule has 2 rings (SSSR count). The lowest BCUT2D eigenvalue weighted by Gasteiger charge is -2.35. The summed E-state index contributed by atoms with van der Waals surface area (Å²) in [5, 5.41) is 0. The van der Waals surface area contributed by atoms with Crippen molar-refractivity contribution >= 4 is 75.7 Å². The van der Waals surface area contributed by atoms with Gasteiger partial charge in [0.15, 0.2) is 11.5 Å². The predicted octanol–water partition coefficient (Wildman–Crippen LogP) is 9.62. The van der Waals surface area contributed by atoms with Crippen molar-refractivity contribution in [2.75, 3.05) is 26.4 Å². The molecule has 236 valence electrons. The predicted molar refractivity (Wildman–Crippen MR) is 181 cm³/mol. The number of hydrogen-bond acceptors (Lipinski definition) is 8. The van der Waals surface area contributed by atoms with E-state index in [1.165, 1.54) is 0 Å². The standard InChI is InChI=1S/C31H36Br4O8/c1-11-38-23-17(24(39-12-2)20(33)27(19(23)32)42-29(36)15(5)6)31(9,10)18-25(40-13-3)21(34)28(43-30(37)16(7)8)22(35)26(18)41-14-4/h5,7,11-14H2,1-4,6,8-10H3. The first-order valence-corrected chi connectivity index (χ1v) is 16.7. The van der Waals surface area contributed by atoms with E-state index in [0.717, 1.165) is 0 Å². The highest BCUT2D eigenvalue weighted by atomic mass is 79.9. The Bertz CT molecular complexity index is 1260. The molecule has 0 spiro atoms. The van der Waals surface area contributed by atoms with Crippen LogP contribution in [0.4, 0.5) is 0 Å². The van der Waals surface area contributed by atoms with Crippen molar-refractivity contribution in [2.24, 2.45) is 0 Å². The summed E-state index contributed by atoms with van der Waals surface area (Å²) >= 11 is 14.5. The molecule has 0 fully saturated rings. The number of carbonyl (C=O) groups is 2. The van der Waals surface area contributed by atoms with E-state index < -0.39 is 17.4 Å². The van der Waals surface area contributed by atoms with Crippen molar-refractivity contribution in [2.45, 2.75) is 60.8 Å². The topological polar surface area (TPSA) is 89.5 Å². The molecule has 0 N–H and O–H groups in total. The third kappa shape index (κ3) is 7.80. The number of benzene rings is 2. The molecular formula is C31H36Br4O8. The molecule has 8 nitrogen and oxygen atoms in total. The molecule has 0 saturated carbocycles. The number of ether oxygens (including phenoxy) is 6. The monoisotopic (exact) mass is 852 g/mol. The van der Waals surface area contributed by atoms with Crippen molar-refractivity contribution in [3.05, 3.63) is 53.3 Å². The first-order chi connectivity index (χ1) is 20.1. The molecule has 0 saturated heterocycles. The van der Waals surface area contributed by atoms with Crippen LogP contribution in [0.2, 0.25) is 0 Å². The smallest absolute Gasteiger partial charge is 0.338 e. The van der Waals surface area contributed by atoms with Crippen LogP contribution in [-0.2, 0) is 15.0 Å². The van der Waals surface area contributed by atoms with Gasteiger partial charge in [0.25, 0.3) is 0 Å². The van der Waals surface area contributed by atoms with E-state index in [9.17, 15) is 9.59 Å². The first kappa shape index (κ1) is 37.2. The Morgan fingerprint density at radius 1 is 0.558 bits per heavy atom. The molecule has 0 heterocycles. The molecule has 0 unspecified atom stereocenters. The van der Waals surface area contributed by atoms with E-state index in [1.54, 1.807) is 13.8 Å². The lowest BCUT2D eigenvalue weighted by molar-refractivity contribution is -0.131. The Balaban J connectivity index is 3.17. The van der Waals surface area contributed by atoms with E-state index in [-0.39, 0.29) is 22.6 Å². The zero-order valence-corrected chi connectivity index (χ0v) is 31.9. The third-order valence-electron chi connectivity index (χ3n) is 5.99. The highest BCUT2D eigenvalue weighted by Gasteiger charge is 2.42. The van der Waals surface area contributed by atoms with Gasteiger partial charge in [0.2, 0.25) is 0 Å². The minimum absolute atomic E-state index is 0.180. The van der Waals surface area contributed by atoms with Gasteiger partial charge in [0, 0.05) is 27.7 Å². The number of halogens is 4. The van der Waals surface area contributed by atoms with Crippen LogP contribution in [0.25, 0.3) is 0 Å². The van der Waals surface area contributed by atoms with Crippen molar-refractivity contribution < 1.29 is 38.0 Å². The van der Waals surface area contributed by atoms with Gasteiger partial charge in [-0.05, 0) is 105 Å². The lowest BCUT2D eigenvalue weighted by Crippen LogP contribution is -2.26. The maximum atomic E-state index is 12.6. The average Bonchev–Trinajstić information content (AvgIpc) is 2.93. The molecule has 0 aromatic heterocycles. The highest BCUT2D eigenvalue weighted by molar-refractivity contribution is 9.11. The van der Waals surface area contributed by atoms with Crippen molar-refractivity contribution in [1.29, 1.82) is 0 Å². The second-order valence-electron chi connectivity index (χ2n) is 9.68. The zero-order valence-electron chi connectivity index (χ0n) is 25.5. The average molecular weight is 856 g/mol. The summed E-state index contributed by atoms with van der Waals surface area (Å²) in [6, 6.07) is 0. The summed E-state index contributed by atoms with van der Waals surface area (Å²) in [6.07, 6.45) is 0. The largest absolute Gasteiger partial charge is 0.492 e. The molecule has 0 aliphatic heterocycles. The van der Waals surface area contributed by atoms with Crippen LogP contribution in [-0.4, -0.2) is 38.4 Å². The van der Waals surface area contributed by atoms with Crippen molar-refractivity contribution in [3.63, 3.8) is 0 Å². The summed E-state index contributed by atoms with van der Waals surface area (Å²) in [5.74, 6) is 0.693. The Kier molecular flexibility index (Phi) is 13.7. The second-order valence-corrected chi connectivity index (χ2v) is 12.8. The molecule has 0 atom stereocenters. The molecule has 43 heavy (non-hydrogen) atoms. The van der Waals surface area contributed by atoms with Gasteiger partial charge in [0.05, 0.1) is 26.4 Å². The number of rotatable bonds is 14. The molecule has 0 aliphatic rings. The molecule has 2 aromatic rings. The summed E-state index contributed by atoms with van der Waals surface area (Å²) in [5.41, 5.74) is 0.691. The minimum atomic E-state index is -0.978. The Morgan fingerprint density at radius 2 is 0.791 bits per heavy atom. The lowest BCUT2D eigenvalue weighted by atomic mass is 9.75. The molecule has 0 radical (unpaired) electrons. The molecule has 0 amide bonds. The van der Waals surface area contributed by atoms with Gasteiger partial charge < -0.3 is 28.4 Å². The number of carbonyl (C=O) groups excluding carboxylic acids is 2. The van der Waals surface area contributed by atoms with Crippen LogP contribution in [0.5, 0.6) is 34.5 Å². The fraction of sp³-hybridized carbons (Fsp3) is 0.419. The summed E-state index contributed by atoms with van der Waals surface area (Å²) < 4.78 is 37.9. The van der Waals surface area contributed by atoms with Crippen LogP contribution in [0.15, 0.2) is 42.2 Å². The summed E-state index contributed by atoms with van der Waals surface area (Å²) in [7, 11) is 0. The van der Waals surface area contributed by atoms with E-state index in [4.69, 9.17) is 28.4 Å². The van der Waals surface area contributed by atoms with E-state index in [1.807, 2.05) is 41.5 Å². The second kappa shape index (κ2) is 15.8. The van der Waals surface area contributed by atoms with Gasteiger partial charge in [-0.1, -0.05) is 27.0 Å². The fourth-order valence-electron chi connectivity index (χ4n) is 4.17. The van der Waals surface area contributed by atoms with Gasteiger partial charge in [-0.15, -0.1) is 0 Å². The van der Waals surface area contributed by atoms with Crippen LogP contribution < -0.4 is 28.4 Å². The first-order valence-electron chi connectivity index (χ1n) is 13.5. The van der Waals surface area contributed by atoms with Gasteiger partial charge in [-0.3, -0.25) is 0 Å². The molecule has 12 heteroatoms. The van der Waals surface area contributed by atoms with Gasteiger partial charge in [-0.25, -0.2) is 9.59 Å². The fourth-order valence-corrected chi connectivity index (χ4v) is 7.07. The quantitative estimate of drug-likeness (QED) is 0.106. The molecular weight excluding hydrogens is 820 g/mol. The Labute approximate surface area is 287 Å². The van der Waals surface area contributed by atoms with Crippen LogP contribution in [0, 0.1) is 0 Å². The maximum absolute atomic E-state index is 12.6. The molecule has 0 bridgehead atoms. The van der Waals surface area contributed by atoms with Crippen molar-refractivity contribution in [1.82, 2.24) is 0 Å².